The van der Waals surface area contributed by atoms with Crippen LogP contribution in [0.15, 0.2) is 0 Å². The highest BCUT2D eigenvalue weighted by Crippen LogP contribution is 2.46. The van der Waals surface area contributed by atoms with Crippen LogP contribution in [0.25, 0.3) is 0 Å². The van der Waals surface area contributed by atoms with Gasteiger partial charge in [-0.15, -0.1) is 0 Å². The van der Waals surface area contributed by atoms with Gasteiger partial charge in [0, 0.05) is 17.5 Å². The van der Waals surface area contributed by atoms with E-state index in [-0.39, 0.29) is 6.54 Å². The van der Waals surface area contributed by atoms with Gasteiger partial charge < -0.3 is 5.73 Å². The van der Waals surface area contributed by atoms with Gasteiger partial charge in [-0.3, -0.25) is 0 Å². The van der Waals surface area contributed by atoms with Crippen molar-refractivity contribution in [3.8, 4) is 0 Å². The predicted molar refractivity (Wildman–Crippen MR) is 55.9 cm³/mol. The third-order valence-electron chi connectivity index (χ3n) is 3.44. The number of nitrogens with two attached hydrogens (primary N) is 1. The van der Waals surface area contributed by atoms with Crippen LogP contribution in [0.1, 0.15) is 24.8 Å². The summed E-state index contributed by atoms with van der Waals surface area (Å²) in [5.41, 5.74) is 3.86. The van der Waals surface area contributed by atoms with Crippen LogP contribution in [0.4, 0.5) is 17.6 Å². The second kappa shape index (κ2) is 4.14. The van der Waals surface area contributed by atoms with Crippen LogP contribution in [-0.2, 0) is 5.41 Å². The maximum atomic E-state index is 13.7. The van der Waals surface area contributed by atoms with E-state index in [2.05, 4.69) is 0 Å². The number of hydrogen-bond donors (Lipinski definition) is 1. The molecule has 1 aromatic carbocycles. The molecule has 0 spiro atoms. The van der Waals surface area contributed by atoms with Crippen molar-refractivity contribution in [1.29, 1.82) is 0 Å². The molecule has 0 aliphatic heterocycles. The maximum absolute atomic E-state index is 13.7. The Morgan fingerprint density at radius 3 is 1.76 bits per heavy atom. The van der Waals surface area contributed by atoms with Gasteiger partial charge in [0.1, 0.15) is 5.02 Å². The summed E-state index contributed by atoms with van der Waals surface area (Å²) in [5.74, 6) is -5.97. The lowest BCUT2D eigenvalue weighted by Crippen LogP contribution is -2.43. The average Bonchev–Trinajstić information content (AvgIpc) is 2.27. The molecule has 1 fully saturated rings. The Kier molecular flexibility index (Phi) is 3.08. The summed E-state index contributed by atoms with van der Waals surface area (Å²) in [6.45, 7) is -0.0542. The van der Waals surface area contributed by atoms with Crippen LogP contribution in [-0.4, -0.2) is 6.54 Å². The molecule has 17 heavy (non-hydrogen) atoms. The zero-order valence-corrected chi connectivity index (χ0v) is 9.55. The smallest absolute Gasteiger partial charge is 0.180 e. The first-order valence-electron chi connectivity index (χ1n) is 5.16. The van der Waals surface area contributed by atoms with Crippen LogP contribution in [0.3, 0.4) is 0 Å². The Morgan fingerprint density at radius 2 is 1.47 bits per heavy atom. The van der Waals surface area contributed by atoms with Crippen molar-refractivity contribution in [2.75, 3.05) is 6.54 Å². The SMILES string of the molecule is NCC1(c2c(F)c(F)c(Cl)c(F)c2F)CCC1. The Bertz CT molecular complexity index is 437. The third kappa shape index (κ3) is 1.64. The molecule has 0 heterocycles. The highest BCUT2D eigenvalue weighted by molar-refractivity contribution is 6.30. The van der Waals surface area contributed by atoms with Gasteiger partial charge in [-0.05, 0) is 12.8 Å². The molecule has 6 heteroatoms. The molecule has 94 valence electrons. The molecule has 0 atom stereocenters. The largest absolute Gasteiger partial charge is 0.330 e. The van der Waals surface area contributed by atoms with Crippen molar-refractivity contribution >= 4 is 11.6 Å². The molecule has 0 bridgehead atoms. The Hall–Kier alpha value is -0.810. The maximum Gasteiger partial charge on any atom is 0.180 e. The Balaban J connectivity index is 2.69. The van der Waals surface area contributed by atoms with E-state index in [0.717, 1.165) is 6.42 Å². The molecular formula is C11H10ClF4N. The molecule has 0 unspecified atom stereocenters. The highest BCUT2D eigenvalue weighted by Gasteiger charge is 2.44. The summed E-state index contributed by atoms with van der Waals surface area (Å²) >= 11 is 5.15. The van der Waals surface area contributed by atoms with Crippen molar-refractivity contribution in [2.24, 2.45) is 5.73 Å². The quantitative estimate of drug-likeness (QED) is 0.497. The van der Waals surface area contributed by atoms with E-state index in [9.17, 15) is 17.6 Å². The lowest BCUT2D eigenvalue weighted by Gasteiger charge is -2.41. The number of rotatable bonds is 2. The van der Waals surface area contributed by atoms with Crippen molar-refractivity contribution in [3.63, 3.8) is 0 Å². The van der Waals surface area contributed by atoms with Crippen molar-refractivity contribution in [3.05, 3.63) is 33.9 Å². The minimum atomic E-state index is -1.56. The molecule has 1 aliphatic carbocycles. The van der Waals surface area contributed by atoms with Crippen molar-refractivity contribution < 1.29 is 17.6 Å². The zero-order valence-electron chi connectivity index (χ0n) is 8.80. The first-order valence-corrected chi connectivity index (χ1v) is 5.54. The second-order valence-electron chi connectivity index (χ2n) is 4.28. The van der Waals surface area contributed by atoms with Crippen LogP contribution < -0.4 is 5.73 Å². The second-order valence-corrected chi connectivity index (χ2v) is 4.66. The fraction of sp³-hybridized carbons (Fsp3) is 0.455. The van der Waals surface area contributed by atoms with Gasteiger partial charge in [0.15, 0.2) is 23.3 Å². The van der Waals surface area contributed by atoms with Crippen LogP contribution >= 0.6 is 11.6 Å². The number of hydrogen-bond acceptors (Lipinski definition) is 1. The number of halogens is 5. The zero-order chi connectivity index (χ0) is 12.8. The third-order valence-corrected chi connectivity index (χ3v) is 3.77. The van der Waals surface area contributed by atoms with Crippen LogP contribution in [0, 0.1) is 23.3 Å². The molecule has 1 nitrogen and oxygen atoms in total. The van der Waals surface area contributed by atoms with Gasteiger partial charge in [-0.25, -0.2) is 17.6 Å². The molecular weight excluding hydrogens is 258 g/mol. The van der Waals surface area contributed by atoms with Gasteiger partial charge in [0.25, 0.3) is 0 Å². The molecule has 1 aromatic rings. The number of benzene rings is 1. The molecule has 1 aliphatic rings. The molecule has 0 saturated heterocycles. The van der Waals surface area contributed by atoms with Gasteiger partial charge in [-0.1, -0.05) is 18.0 Å². The van der Waals surface area contributed by atoms with E-state index in [1.165, 1.54) is 0 Å². The standard InChI is InChI=1S/C11H10ClF4N/c12-6-9(15)7(13)5(8(14)10(6)16)11(4-17)2-1-3-11/h1-4,17H2. The van der Waals surface area contributed by atoms with Gasteiger partial charge in [0.05, 0.1) is 0 Å². The summed E-state index contributed by atoms with van der Waals surface area (Å²) in [6, 6.07) is 0. The lowest BCUT2D eigenvalue weighted by atomic mass is 9.64. The fourth-order valence-electron chi connectivity index (χ4n) is 2.23. The summed E-state index contributed by atoms with van der Waals surface area (Å²) < 4.78 is 54.0. The molecule has 2 rings (SSSR count). The Morgan fingerprint density at radius 1 is 1.00 bits per heavy atom. The first kappa shape index (κ1) is 12.6. The van der Waals surface area contributed by atoms with E-state index in [4.69, 9.17) is 17.3 Å². The van der Waals surface area contributed by atoms with Gasteiger partial charge in [0.2, 0.25) is 0 Å². The minimum Gasteiger partial charge on any atom is -0.330 e. The normalized spacial score (nSPS) is 18.0. The first-order chi connectivity index (χ1) is 7.94. The topological polar surface area (TPSA) is 26.0 Å². The van der Waals surface area contributed by atoms with E-state index < -0.39 is 39.3 Å². The van der Waals surface area contributed by atoms with Crippen LogP contribution in [0.5, 0.6) is 0 Å². The van der Waals surface area contributed by atoms with Crippen LogP contribution in [0.2, 0.25) is 5.02 Å². The summed E-state index contributed by atoms with van der Waals surface area (Å²) in [5, 5.41) is -1.16. The summed E-state index contributed by atoms with van der Waals surface area (Å²) in [6.07, 6.45) is 1.55. The van der Waals surface area contributed by atoms with Crippen molar-refractivity contribution in [2.45, 2.75) is 24.7 Å². The lowest BCUT2D eigenvalue weighted by molar-refractivity contribution is 0.229. The summed E-state index contributed by atoms with van der Waals surface area (Å²) in [4.78, 5) is 0. The van der Waals surface area contributed by atoms with Gasteiger partial charge >= 0.3 is 0 Å². The Labute approximate surface area is 101 Å². The molecule has 0 amide bonds. The van der Waals surface area contributed by atoms with E-state index in [1.54, 1.807) is 0 Å². The molecule has 1 saturated carbocycles. The van der Waals surface area contributed by atoms with E-state index >= 15 is 0 Å². The van der Waals surface area contributed by atoms with E-state index in [1.807, 2.05) is 0 Å². The summed E-state index contributed by atoms with van der Waals surface area (Å²) in [7, 11) is 0. The van der Waals surface area contributed by atoms with E-state index in [0.29, 0.717) is 12.8 Å². The molecule has 2 N–H and O–H groups in total. The highest BCUT2D eigenvalue weighted by atomic mass is 35.5. The average molecular weight is 268 g/mol. The molecule has 0 radical (unpaired) electrons. The minimum absolute atomic E-state index is 0.0542. The van der Waals surface area contributed by atoms with Crippen molar-refractivity contribution in [1.82, 2.24) is 0 Å². The predicted octanol–water partition coefficient (Wildman–Crippen LogP) is 3.28. The molecule has 0 aromatic heterocycles. The monoisotopic (exact) mass is 267 g/mol. The fourth-order valence-corrected chi connectivity index (χ4v) is 2.40. The van der Waals surface area contributed by atoms with Gasteiger partial charge in [-0.2, -0.15) is 0 Å².